The molecular formula is C27H28ClN3O2. The molecule has 0 atom stereocenters. The minimum atomic E-state index is -0.201. The van der Waals surface area contributed by atoms with Crippen molar-refractivity contribution in [2.45, 2.75) is 45.1 Å². The number of aliphatic hydroxyl groups is 1. The second kappa shape index (κ2) is 7.93. The van der Waals surface area contributed by atoms with Gasteiger partial charge in [-0.3, -0.25) is 14.8 Å². The van der Waals surface area contributed by atoms with Crippen LogP contribution < -0.4 is 0 Å². The van der Waals surface area contributed by atoms with Gasteiger partial charge in [0.25, 0.3) is 5.91 Å². The summed E-state index contributed by atoms with van der Waals surface area (Å²) in [6.45, 7) is 7.87. The Kier molecular flexibility index (Phi) is 5.30. The number of amides is 1. The molecule has 0 unspecified atom stereocenters. The van der Waals surface area contributed by atoms with Crippen LogP contribution in [-0.4, -0.2) is 45.1 Å². The highest BCUT2D eigenvalue weighted by Gasteiger charge is 2.53. The van der Waals surface area contributed by atoms with Crippen LogP contribution in [0.3, 0.4) is 0 Å². The van der Waals surface area contributed by atoms with Crippen LogP contribution in [0.25, 0.3) is 22.3 Å². The van der Waals surface area contributed by atoms with Gasteiger partial charge in [0.2, 0.25) is 0 Å². The first-order valence-corrected chi connectivity index (χ1v) is 11.7. The van der Waals surface area contributed by atoms with Crippen LogP contribution in [0.5, 0.6) is 0 Å². The molecule has 3 aromatic rings. The van der Waals surface area contributed by atoms with Crippen LogP contribution in [0.15, 0.2) is 55.0 Å². The summed E-state index contributed by atoms with van der Waals surface area (Å²) >= 11 is 6.63. The van der Waals surface area contributed by atoms with E-state index in [0.29, 0.717) is 10.6 Å². The van der Waals surface area contributed by atoms with Crippen molar-refractivity contribution in [3.8, 4) is 22.3 Å². The molecule has 1 spiro atoms. The Hall–Kier alpha value is -2.76. The topological polar surface area (TPSA) is 66.3 Å². The Morgan fingerprint density at radius 1 is 1.06 bits per heavy atom. The summed E-state index contributed by atoms with van der Waals surface area (Å²) in [4.78, 5) is 23.7. The van der Waals surface area contributed by atoms with Gasteiger partial charge in [0.15, 0.2) is 0 Å². The van der Waals surface area contributed by atoms with Gasteiger partial charge in [0.05, 0.1) is 6.10 Å². The lowest BCUT2D eigenvalue weighted by Crippen LogP contribution is -2.64. The summed E-state index contributed by atoms with van der Waals surface area (Å²) < 4.78 is 0. The number of likely N-dealkylation sites (tertiary alicyclic amines) is 1. The van der Waals surface area contributed by atoms with E-state index in [0.717, 1.165) is 53.9 Å². The fourth-order valence-corrected chi connectivity index (χ4v) is 5.22. The molecule has 33 heavy (non-hydrogen) atoms. The summed E-state index contributed by atoms with van der Waals surface area (Å²) in [6.07, 6.45) is 6.86. The maximum absolute atomic E-state index is 12.9. The second-order valence-corrected chi connectivity index (χ2v) is 11.0. The number of rotatable bonds is 3. The van der Waals surface area contributed by atoms with E-state index in [2.05, 4.69) is 42.9 Å². The van der Waals surface area contributed by atoms with Gasteiger partial charge >= 0.3 is 0 Å². The number of benzene rings is 1. The van der Waals surface area contributed by atoms with Crippen molar-refractivity contribution < 1.29 is 9.90 Å². The van der Waals surface area contributed by atoms with Gasteiger partial charge in [0, 0.05) is 75.5 Å². The van der Waals surface area contributed by atoms with Gasteiger partial charge in [0.1, 0.15) is 0 Å². The summed E-state index contributed by atoms with van der Waals surface area (Å²) in [5.41, 5.74) is 5.51. The van der Waals surface area contributed by atoms with E-state index >= 15 is 0 Å². The van der Waals surface area contributed by atoms with Crippen molar-refractivity contribution >= 4 is 17.5 Å². The normalized spacial score (nSPS) is 17.5. The first kappa shape index (κ1) is 22.1. The largest absolute Gasteiger partial charge is 0.393 e. The fourth-order valence-electron chi connectivity index (χ4n) is 4.94. The van der Waals surface area contributed by atoms with Crippen molar-refractivity contribution in [2.24, 2.45) is 5.41 Å². The molecule has 170 valence electrons. The third-order valence-corrected chi connectivity index (χ3v) is 7.12. The zero-order valence-corrected chi connectivity index (χ0v) is 19.9. The van der Waals surface area contributed by atoms with Gasteiger partial charge in [-0.1, -0.05) is 38.4 Å². The van der Waals surface area contributed by atoms with E-state index in [-0.39, 0.29) is 22.8 Å². The molecule has 2 aromatic heterocycles. The predicted molar refractivity (Wildman–Crippen MR) is 130 cm³/mol. The molecular weight excluding hydrogens is 434 g/mol. The molecule has 6 heteroatoms. The van der Waals surface area contributed by atoms with Crippen LogP contribution in [0.1, 0.15) is 49.7 Å². The second-order valence-electron chi connectivity index (χ2n) is 10.6. The SMILES string of the molecule is CC(C)(C)c1cc(-c2cncc(-c3ccc(C(=O)N4CC5(CC(O)C5)C4)cc3Cl)c2)ccn1. The summed E-state index contributed by atoms with van der Waals surface area (Å²) in [5, 5.41) is 10.1. The molecule has 1 aromatic carbocycles. The van der Waals surface area contributed by atoms with Gasteiger partial charge in [-0.15, -0.1) is 0 Å². The molecule has 1 N–H and O–H groups in total. The number of hydrogen-bond donors (Lipinski definition) is 1. The minimum Gasteiger partial charge on any atom is -0.393 e. The Bertz CT molecular complexity index is 1220. The van der Waals surface area contributed by atoms with E-state index < -0.39 is 0 Å². The molecule has 1 aliphatic heterocycles. The zero-order chi connectivity index (χ0) is 23.4. The monoisotopic (exact) mass is 461 g/mol. The van der Waals surface area contributed by atoms with Crippen LogP contribution in [0.2, 0.25) is 5.02 Å². The van der Waals surface area contributed by atoms with Gasteiger partial charge in [-0.05, 0) is 48.7 Å². The van der Waals surface area contributed by atoms with Gasteiger partial charge in [-0.25, -0.2) is 0 Å². The predicted octanol–water partition coefficient (Wildman–Crippen LogP) is 5.36. The third-order valence-electron chi connectivity index (χ3n) is 6.80. The summed E-state index contributed by atoms with van der Waals surface area (Å²) in [6, 6.07) is 11.6. The average Bonchev–Trinajstić information content (AvgIpc) is 2.74. The number of hydrogen-bond acceptors (Lipinski definition) is 4. The number of aromatic nitrogens is 2. The molecule has 2 aliphatic rings. The molecule has 1 saturated carbocycles. The molecule has 2 fully saturated rings. The number of aliphatic hydroxyl groups excluding tert-OH is 1. The zero-order valence-electron chi connectivity index (χ0n) is 19.2. The Labute approximate surface area is 199 Å². The highest BCUT2D eigenvalue weighted by molar-refractivity contribution is 6.33. The molecule has 5 nitrogen and oxygen atoms in total. The lowest BCUT2D eigenvalue weighted by atomic mass is 9.62. The van der Waals surface area contributed by atoms with E-state index in [4.69, 9.17) is 11.6 Å². The molecule has 1 saturated heterocycles. The standard InChI is InChI=1S/C27H28ClN3O2/c1-26(2,3)24-10-17(6-7-30-24)19-8-20(14-29-13-19)22-5-4-18(9-23(22)28)25(33)31-15-27(16-31)11-21(32)12-27/h4-10,13-14,21,32H,11-12,15-16H2,1-3H3. The van der Waals surface area contributed by atoms with E-state index in [1.54, 1.807) is 12.3 Å². The van der Waals surface area contributed by atoms with Crippen molar-refractivity contribution in [1.29, 1.82) is 0 Å². The lowest BCUT2D eigenvalue weighted by Gasteiger charge is -2.57. The van der Waals surface area contributed by atoms with Crippen LogP contribution in [0, 0.1) is 5.41 Å². The van der Waals surface area contributed by atoms with E-state index in [1.165, 1.54) is 0 Å². The van der Waals surface area contributed by atoms with Gasteiger partial charge < -0.3 is 10.0 Å². The van der Waals surface area contributed by atoms with Crippen molar-refractivity contribution in [3.05, 3.63) is 71.3 Å². The third kappa shape index (κ3) is 4.16. The average molecular weight is 462 g/mol. The smallest absolute Gasteiger partial charge is 0.253 e. The fraction of sp³-hybridized carbons (Fsp3) is 0.370. The summed E-state index contributed by atoms with van der Waals surface area (Å²) in [7, 11) is 0. The Balaban J connectivity index is 1.37. The molecule has 1 amide bonds. The number of nitrogens with zero attached hydrogens (tertiary/aromatic N) is 3. The van der Waals surface area contributed by atoms with E-state index in [9.17, 15) is 9.90 Å². The molecule has 3 heterocycles. The number of pyridine rings is 2. The highest BCUT2D eigenvalue weighted by Crippen LogP contribution is 2.48. The number of carbonyl (C=O) groups is 1. The number of carbonyl (C=O) groups excluding carboxylic acids is 1. The molecule has 5 rings (SSSR count). The Morgan fingerprint density at radius 2 is 1.79 bits per heavy atom. The first-order valence-electron chi connectivity index (χ1n) is 11.3. The lowest BCUT2D eigenvalue weighted by molar-refractivity contribution is -0.113. The van der Waals surface area contributed by atoms with E-state index in [1.807, 2.05) is 35.5 Å². The number of halogens is 1. The van der Waals surface area contributed by atoms with Crippen molar-refractivity contribution in [2.75, 3.05) is 13.1 Å². The maximum atomic E-state index is 12.9. The highest BCUT2D eigenvalue weighted by atomic mass is 35.5. The van der Waals surface area contributed by atoms with Crippen molar-refractivity contribution in [1.82, 2.24) is 14.9 Å². The quantitative estimate of drug-likeness (QED) is 0.570. The van der Waals surface area contributed by atoms with Crippen LogP contribution >= 0.6 is 11.6 Å². The molecule has 1 aliphatic carbocycles. The molecule has 0 radical (unpaired) electrons. The van der Waals surface area contributed by atoms with Crippen LogP contribution in [0.4, 0.5) is 0 Å². The minimum absolute atomic E-state index is 0.00571. The Morgan fingerprint density at radius 3 is 2.45 bits per heavy atom. The van der Waals surface area contributed by atoms with Crippen LogP contribution in [-0.2, 0) is 5.41 Å². The first-order chi connectivity index (χ1) is 15.6. The van der Waals surface area contributed by atoms with Crippen molar-refractivity contribution in [3.63, 3.8) is 0 Å². The summed E-state index contributed by atoms with van der Waals surface area (Å²) in [5.74, 6) is -0.00571. The molecule has 0 bridgehead atoms. The maximum Gasteiger partial charge on any atom is 0.253 e. The van der Waals surface area contributed by atoms with Gasteiger partial charge in [-0.2, -0.15) is 0 Å².